The number of nitrogens with zero attached hydrogens (tertiary/aromatic N) is 3. The molecule has 1 fully saturated rings. The summed E-state index contributed by atoms with van der Waals surface area (Å²) >= 11 is 9.68. The molecule has 5 rings (SSSR count). The van der Waals surface area contributed by atoms with Crippen molar-refractivity contribution in [2.75, 3.05) is 4.90 Å². The lowest BCUT2D eigenvalue weighted by Gasteiger charge is -2.28. The molecule has 1 aliphatic rings. The molecule has 0 aliphatic carbocycles. The zero-order valence-corrected chi connectivity index (χ0v) is 22.8. The van der Waals surface area contributed by atoms with Gasteiger partial charge in [-0.25, -0.2) is 0 Å². The third-order valence-corrected chi connectivity index (χ3v) is 7.80. The first-order chi connectivity index (χ1) is 16.9. The Morgan fingerprint density at radius 3 is 2.34 bits per heavy atom. The highest BCUT2D eigenvalue weighted by molar-refractivity contribution is 9.10. The van der Waals surface area contributed by atoms with E-state index >= 15 is 0 Å². The Kier molecular flexibility index (Phi) is 6.51. The maximum absolute atomic E-state index is 5.93. The van der Waals surface area contributed by atoms with Crippen molar-refractivity contribution in [1.82, 2.24) is 14.9 Å². The molecule has 0 saturated carbocycles. The standard InChI is InChI=1S/C29H29BrN4S/c1-18(2)21-12-14-22(15-13-21)34-28(27(32-29(34)35)25-10-7-8-16-31-25)23-17-19(3)33(20(23)4)26-11-6-5-9-24(26)30/h5-18,27-28H,1-4H3,(H,32,35)/t27-,28+/m0/s1. The number of nitrogens with one attached hydrogen (secondary N) is 1. The molecule has 4 nitrogen and oxygen atoms in total. The van der Waals surface area contributed by atoms with Crippen LogP contribution in [0.25, 0.3) is 5.69 Å². The second-order valence-electron chi connectivity index (χ2n) is 9.36. The molecular formula is C29H29BrN4S. The Morgan fingerprint density at radius 2 is 1.69 bits per heavy atom. The van der Waals surface area contributed by atoms with Gasteiger partial charge in [0, 0.05) is 27.7 Å². The summed E-state index contributed by atoms with van der Waals surface area (Å²) in [7, 11) is 0. The van der Waals surface area contributed by atoms with Gasteiger partial charge in [0.2, 0.25) is 0 Å². The van der Waals surface area contributed by atoms with Gasteiger partial charge in [0.1, 0.15) is 0 Å². The third kappa shape index (κ3) is 4.30. The second kappa shape index (κ2) is 9.59. The van der Waals surface area contributed by atoms with Crippen LogP contribution in [0.4, 0.5) is 5.69 Å². The minimum Gasteiger partial charge on any atom is -0.351 e. The van der Waals surface area contributed by atoms with Gasteiger partial charge in [0.15, 0.2) is 5.11 Å². The van der Waals surface area contributed by atoms with Crippen LogP contribution in [0.2, 0.25) is 0 Å². The molecule has 4 aromatic rings. The number of hydrogen-bond acceptors (Lipinski definition) is 2. The molecule has 0 radical (unpaired) electrons. The Bertz CT molecular complexity index is 1360. The summed E-state index contributed by atoms with van der Waals surface area (Å²) < 4.78 is 3.38. The molecule has 6 heteroatoms. The largest absolute Gasteiger partial charge is 0.351 e. The van der Waals surface area contributed by atoms with Crippen LogP contribution in [0.5, 0.6) is 0 Å². The van der Waals surface area contributed by atoms with Gasteiger partial charge in [0.05, 0.1) is 23.5 Å². The van der Waals surface area contributed by atoms with E-state index in [0.29, 0.717) is 11.0 Å². The highest BCUT2D eigenvalue weighted by atomic mass is 79.9. The lowest BCUT2D eigenvalue weighted by molar-refractivity contribution is 0.565. The predicted molar refractivity (Wildman–Crippen MR) is 151 cm³/mol. The number of pyridine rings is 1. The van der Waals surface area contributed by atoms with Crippen LogP contribution in [0.15, 0.2) is 83.5 Å². The minimum absolute atomic E-state index is 0.0373. The van der Waals surface area contributed by atoms with Gasteiger partial charge in [-0.3, -0.25) is 4.98 Å². The number of halogens is 1. The Morgan fingerprint density at radius 1 is 0.971 bits per heavy atom. The molecule has 1 saturated heterocycles. The molecule has 0 amide bonds. The van der Waals surface area contributed by atoms with Crippen molar-refractivity contribution in [3.8, 4) is 5.69 Å². The second-order valence-corrected chi connectivity index (χ2v) is 10.6. The molecule has 2 aromatic heterocycles. The number of thiocarbonyl (C=S) groups is 1. The van der Waals surface area contributed by atoms with Crippen LogP contribution in [-0.2, 0) is 0 Å². The number of hydrogen-bond donors (Lipinski definition) is 1. The lowest BCUT2D eigenvalue weighted by atomic mass is 9.96. The predicted octanol–water partition coefficient (Wildman–Crippen LogP) is 7.55. The average Bonchev–Trinajstić information content (AvgIpc) is 3.35. The van der Waals surface area contributed by atoms with Crippen molar-refractivity contribution in [2.45, 2.75) is 45.7 Å². The number of para-hydroxylation sites is 1. The SMILES string of the molecule is Cc1cc([C@@H]2[C@H](c3ccccn3)NC(=S)N2c2ccc(C(C)C)cc2)c(C)n1-c1ccccc1Br. The van der Waals surface area contributed by atoms with Crippen molar-refractivity contribution in [1.29, 1.82) is 0 Å². The van der Waals surface area contributed by atoms with E-state index in [-0.39, 0.29) is 12.1 Å². The van der Waals surface area contributed by atoms with Crippen molar-refractivity contribution in [2.24, 2.45) is 0 Å². The van der Waals surface area contributed by atoms with E-state index in [1.807, 2.05) is 24.4 Å². The highest BCUT2D eigenvalue weighted by Gasteiger charge is 2.42. The van der Waals surface area contributed by atoms with Gasteiger partial charge in [0.25, 0.3) is 0 Å². The molecule has 178 valence electrons. The zero-order valence-electron chi connectivity index (χ0n) is 20.4. The Labute approximate surface area is 221 Å². The van der Waals surface area contributed by atoms with Gasteiger partial charge in [-0.2, -0.15) is 0 Å². The summed E-state index contributed by atoms with van der Waals surface area (Å²) in [4.78, 5) is 6.96. The Hall–Kier alpha value is -2.96. The van der Waals surface area contributed by atoms with E-state index in [1.165, 1.54) is 22.5 Å². The molecule has 0 bridgehead atoms. The van der Waals surface area contributed by atoms with Crippen molar-refractivity contribution < 1.29 is 0 Å². The molecule has 0 unspecified atom stereocenters. The first-order valence-electron chi connectivity index (χ1n) is 11.9. The fraction of sp³-hybridized carbons (Fsp3) is 0.241. The number of aromatic nitrogens is 2. The number of rotatable bonds is 5. The fourth-order valence-electron chi connectivity index (χ4n) is 5.06. The highest BCUT2D eigenvalue weighted by Crippen LogP contribution is 2.44. The number of benzene rings is 2. The topological polar surface area (TPSA) is 33.1 Å². The first-order valence-corrected chi connectivity index (χ1v) is 13.1. The van der Waals surface area contributed by atoms with E-state index in [4.69, 9.17) is 17.2 Å². The summed E-state index contributed by atoms with van der Waals surface area (Å²) in [5.74, 6) is 0.480. The quantitative estimate of drug-likeness (QED) is 0.263. The van der Waals surface area contributed by atoms with Crippen LogP contribution in [0.3, 0.4) is 0 Å². The van der Waals surface area contributed by atoms with E-state index < -0.39 is 0 Å². The van der Waals surface area contributed by atoms with E-state index in [0.717, 1.165) is 21.5 Å². The van der Waals surface area contributed by atoms with Gasteiger partial charge >= 0.3 is 0 Å². The van der Waals surface area contributed by atoms with Crippen LogP contribution in [0.1, 0.15) is 60.1 Å². The minimum atomic E-state index is -0.0679. The number of anilines is 1. The fourth-order valence-corrected chi connectivity index (χ4v) is 5.87. The van der Waals surface area contributed by atoms with Crippen LogP contribution in [-0.4, -0.2) is 14.7 Å². The molecular weight excluding hydrogens is 516 g/mol. The monoisotopic (exact) mass is 544 g/mol. The molecule has 1 aliphatic heterocycles. The maximum Gasteiger partial charge on any atom is 0.174 e. The van der Waals surface area contributed by atoms with E-state index in [9.17, 15) is 0 Å². The van der Waals surface area contributed by atoms with Gasteiger partial charge in [-0.15, -0.1) is 0 Å². The molecule has 1 N–H and O–H groups in total. The van der Waals surface area contributed by atoms with Gasteiger partial charge in [-0.05, 0) is 102 Å². The van der Waals surface area contributed by atoms with Crippen molar-refractivity contribution >= 4 is 38.9 Å². The van der Waals surface area contributed by atoms with E-state index in [2.05, 4.69) is 113 Å². The number of aryl methyl sites for hydroxylation is 1. The summed E-state index contributed by atoms with van der Waals surface area (Å²) in [6, 6.07) is 25.4. The smallest absolute Gasteiger partial charge is 0.174 e. The molecule has 2 atom stereocenters. The third-order valence-electron chi connectivity index (χ3n) is 6.82. The zero-order chi connectivity index (χ0) is 24.7. The summed E-state index contributed by atoms with van der Waals surface area (Å²) in [5, 5.41) is 4.30. The molecule has 2 aromatic carbocycles. The summed E-state index contributed by atoms with van der Waals surface area (Å²) in [6.45, 7) is 8.79. The first kappa shape index (κ1) is 23.8. The van der Waals surface area contributed by atoms with E-state index in [1.54, 1.807) is 0 Å². The Balaban J connectivity index is 1.67. The van der Waals surface area contributed by atoms with Gasteiger partial charge < -0.3 is 14.8 Å². The van der Waals surface area contributed by atoms with Gasteiger partial charge in [-0.1, -0.05) is 44.2 Å². The lowest BCUT2D eigenvalue weighted by Crippen LogP contribution is -2.29. The molecule has 35 heavy (non-hydrogen) atoms. The molecule has 0 spiro atoms. The van der Waals surface area contributed by atoms with Crippen LogP contribution in [0, 0.1) is 13.8 Å². The van der Waals surface area contributed by atoms with Crippen LogP contribution < -0.4 is 10.2 Å². The summed E-state index contributed by atoms with van der Waals surface area (Å²) in [5.41, 5.74) is 8.11. The molecule has 3 heterocycles. The van der Waals surface area contributed by atoms with Crippen molar-refractivity contribution in [3.63, 3.8) is 0 Å². The normalized spacial score (nSPS) is 17.8. The van der Waals surface area contributed by atoms with Crippen LogP contribution >= 0.6 is 28.1 Å². The van der Waals surface area contributed by atoms with Crippen molar-refractivity contribution in [3.05, 3.63) is 112 Å². The average molecular weight is 546 g/mol. The maximum atomic E-state index is 5.93. The summed E-state index contributed by atoms with van der Waals surface area (Å²) in [6.07, 6.45) is 1.85.